The molecule has 1 saturated heterocycles. The summed E-state index contributed by atoms with van der Waals surface area (Å²) in [6.45, 7) is 2.96. The van der Waals surface area contributed by atoms with Gasteiger partial charge >= 0.3 is 0 Å². The number of nitriles is 1. The van der Waals surface area contributed by atoms with Gasteiger partial charge in [0.05, 0.1) is 11.0 Å². The Morgan fingerprint density at radius 1 is 1.29 bits per heavy atom. The molecule has 1 aliphatic heterocycles. The molecule has 0 N–H and O–H groups in total. The van der Waals surface area contributed by atoms with Gasteiger partial charge in [0.1, 0.15) is 5.69 Å². The van der Waals surface area contributed by atoms with Crippen molar-refractivity contribution in [3.63, 3.8) is 0 Å². The lowest BCUT2D eigenvalue weighted by atomic mass is 10.1. The van der Waals surface area contributed by atoms with Crippen molar-refractivity contribution < 1.29 is 4.92 Å². The van der Waals surface area contributed by atoms with E-state index in [1.807, 2.05) is 16.3 Å². The van der Waals surface area contributed by atoms with E-state index < -0.39 is 0 Å². The van der Waals surface area contributed by atoms with Crippen LogP contribution in [0.3, 0.4) is 0 Å². The minimum absolute atomic E-state index is 0.0674. The van der Waals surface area contributed by atoms with E-state index in [-0.39, 0.29) is 10.6 Å². The predicted octanol–water partition coefficient (Wildman–Crippen LogP) is 2.91. The maximum absolute atomic E-state index is 11.4. The van der Waals surface area contributed by atoms with Crippen LogP contribution in [0.1, 0.15) is 5.56 Å². The average molecular weight is 341 g/mol. The number of nitro benzene ring substituents is 1. The smallest absolute Gasteiger partial charge is 0.293 e. The highest BCUT2D eigenvalue weighted by Crippen LogP contribution is 2.31. The molecule has 1 aromatic heterocycles. The monoisotopic (exact) mass is 341 g/mol. The quantitative estimate of drug-likeness (QED) is 0.483. The Hall–Kier alpha value is -2.92. The van der Waals surface area contributed by atoms with Crippen molar-refractivity contribution in [2.24, 2.45) is 0 Å². The molecule has 0 spiro atoms. The van der Waals surface area contributed by atoms with E-state index in [1.54, 1.807) is 35.7 Å². The first-order valence-corrected chi connectivity index (χ1v) is 8.31. The van der Waals surface area contributed by atoms with Crippen LogP contribution in [0.15, 0.2) is 35.9 Å². The molecule has 1 aromatic carbocycles. The van der Waals surface area contributed by atoms with Crippen LogP contribution in [0.25, 0.3) is 6.08 Å². The fraction of sp³-hybridized carbons (Fsp3) is 0.250. The zero-order valence-corrected chi connectivity index (χ0v) is 13.6. The lowest BCUT2D eigenvalue weighted by Crippen LogP contribution is -2.46. The Balaban J connectivity index is 1.78. The number of nitro groups is 1. The van der Waals surface area contributed by atoms with Crippen LogP contribution in [0, 0.1) is 21.4 Å². The van der Waals surface area contributed by atoms with Crippen LogP contribution >= 0.6 is 11.3 Å². The zero-order chi connectivity index (χ0) is 16.9. The summed E-state index contributed by atoms with van der Waals surface area (Å²) >= 11 is 1.60. The Morgan fingerprint density at radius 2 is 2.04 bits per heavy atom. The number of nitrogens with zero attached hydrogens (tertiary/aromatic N) is 5. The van der Waals surface area contributed by atoms with Crippen LogP contribution < -0.4 is 9.80 Å². The first kappa shape index (κ1) is 16.0. The number of piperazine rings is 1. The standard InChI is InChI=1S/C16H15N5O2S/c17-5-1-2-13-3-4-14(15(12-13)21(22)23)19-7-9-20(10-8-19)16-18-6-11-24-16/h1-4,6,11-12H,7-10H2. The molecular formula is C16H15N5O2S. The molecule has 0 atom stereocenters. The van der Waals surface area contributed by atoms with Gasteiger partial charge in [-0.1, -0.05) is 6.07 Å². The molecule has 24 heavy (non-hydrogen) atoms. The molecule has 0 saturated carbocycles. The summed E-state index contributed by atoms with van der Waals surface area (Å²) in [6.07, 6.45) is 4.66. The van der Waals surface area contributed by atoms with Gasteiger partial charge in [-0.2, -0.15) is 5.26 Å². The third-order valence-corrected chi connectivity index (χ3v) is 4.69. The highest BCUT2D eigenvalue weighted by Gasteiger charge is 2.24. The van der Waals surface area contributed by atoms with E-state index in [4.69, 9.17) is 5.26 Å². The fourth-order valence-corrected chi connectivity index (χ4v) is 3.40. The van der Waals surface area contributed by atoms with E-state index >= 15 is 0 Å². The van der Waals surface area contributed by atoms with E-state index in [9.17, 15) is 10.1 Å². The van der Waals surface area contributed by atoms with Crippen LogP contribution in [0.4, 0.5) is 16.5 Å². The number of anilines is 2. The Kier molecular flexibility index (Phi) is 4.72. The topological polar surface area (TPSA) is 86.3 Å². The van der Waals surface area contributed by atoms with Crippen LogP contribution in [0.2, 0.25) is 0 Å². The minimum atomic E-state index is -0.369. The van der Waals surface area contributed by atoms with Gasteiger partial charge in [-0.05, 0) is 17.7 Å². The third kappa shape index (κ3) is 3.36. The number of benzene rings is 1. The number of thiazole rings is 1. The van der Waals surface area contributed by atoms with Gasteiger partial charge in [-0.3, -0.25) is 10.1 Å². The van der Waals surface area contributed by atoms with Gasteiger partial charge in [0, 0.05) is 49.9 Å². The summed E-state index contributed by atoms with van der Waals surface area (Å²) in [6, 6.07) is 6.95. The number of rotatable bonds is 4. The highest BCUT2D eigenvalue weighted by atomic mass is 32.1. The van der Waals surface area contributed by atoms with E-state index in [1.165, 1.54) is 12.1 Å². The van der Waals surface area contributed by atoms with E-state index in [2.05, 4.69) is 9.88 Å². The van der Waals surface area contributed by atoms with E-state index in [0.717, 1.165) is 18.2 Å². The van der Waals surface area contributed by atoms with Crippen LogP contribution in [-0.4, -0.2) is 36.1 Å². The molecule has 0 radical (unpaired) electrons. The SMILES string of the molecule is N#CC=Cc1ccc(N2CCN(c3nccs3)CC2)c([N+](=O)[O-])c1. The van der Waals surface area contributed by atoms with Crippen molar-refractivity contribution in [3.05, 3.63) is 51.5 Å². The highest BCUT2D eigenvalue weighted by molar-refractivity contribution is 7.13. The van der Waals surface area contributed by atoms with Gasteiger partial charge in [-0.25, -0.2) is 4.98 Å². The first-order chi connectivity index (χ1) is 11.7. The van der Waals surface area contributed by atoms with Crippen molar-refractivity contribution in [3.8, 4) is 6.07 Å². The molecule has 7 nitrogen and oxygen atoms in total. The van der Waals surface area contributed by atoms with Crippen molar-refractivity contribution in [1.29, 1.82) is 5.26 Å². The van der Waals surface area contributed by atoms with Crippen molar-refractivity contribution >= 4 is 33.9 Å². The van der Waals surface area contributed by atoms with Gasteiger partial charge in [-0.15, -0.1) is 11.3 Å². The van der Waals surface area contributed by atoms with Crippen LogP contribution in [-0.2, 0) is 0 Å². The van der Waals surface area contributed by atoms with Gasteiger partial charge in [0.2, 0.25) is 0 Å². The van der Waals surface area contributed by atoms with Crippen LogP contribution in [0.5, 0.6) is 0 Å². The molecule has 2 heterocycles. The molecule has 122 valence electrons. The van der Waals surface area contributed by atoms with Crippen molar-refractivity contribution in [2.45, 2.75) is 0 Å². The number of allylic oxidation sites excluding steroid dienone is 1. The molecular weight excluding hydrogens is 326 g/mol. The summed E-state index contributed by atoms with van der Waals surface area (Å²) in [5, 5.41) is 22.9. The second-order valence-corrected chi connectivity index (χ2v) is 6.13. The fourth-order valence-electron chi connectivity index (χ4n) is 2.70. The molecule has 1 fully saturated rings. The zero-order valence-electron chi connectivity index (χ0n) is 12.8. The molecule has 1 aliphatic rings. The lowest BCUT2D eigenvalue weighted by molar-refractivity contribution is -0.384. The summed E-state index contributed by atoms with van der Waals surface area (Å²) < 4.78 is 0. The molecule has 0 bridgehead atoms. The number of hydrogen-bond acceptors (Lipinski definition) is 7. The maximum atomic E-state index is 11.4. The molecule has 0 aliphatic carbocycles. The largest absolute Gasteiger partial charge is 0.362 e. The second kappa shape index (κ2) is 7.10. The molecule has 8 heteroatoms. The van der Waals surface area contributed by atoms with E-state index in [0.29, 0.717) is 24.3 Å². The average Bonchev–Trinajstić information content (AvgIpc) is 3.14. The first-order valence-electron chi connectivity index (χ1n) is 7.43. The Morgan fingerprint density at radius 3 is 2.67 bits per heavy atom. The molecule has 0 unspecified atom stereocenters. The lowest BCUT2D eigenvalue weighted by Gasteiger charge is -2.35. The normalized spacial score (nSPS) is 14.8. The minimum Gasteiger partial charge on any atom is -0.362 e. The predicted molar refractivity (Wildman–Crippen MR) is 94.3 cm³/mol. The molecule has 3 rings (SSSR count). The summed E-state index contributed by atoms with van der Waals surface area (Å²) in [5.74, 6) is 0. The molecule has 2 aromatic rings. The second-order valence-electron chi connectivity index (χ2n) is 5.26. The maximum Gasteiger partial charge on any atom is 0.293 e. The summed E-state index contributed by atoms with van der Waals surface area (Å²) in [7, 11) is 0. The summed E-state index contributed by atoms with van der Waals surface area (Å²) in [4.78, 5) is 19.6. The Bertz CT molecular complexity index is 789. The van der Waals surface area contributed by atoms with Gasteiger partial charge < -0.3 is 9.80 Å². The third-order valence-electron chi connectivity index (χ3n) is 3.86. The Labute approximate surface area is 143 Å². The van der Waals surface area contributed by atoms with Crippen molar-refractivity contribution in [1.82, 2.24) is 4.98 Å². The number of aromatic nitrogens is 1. The number of hydrogen-bond donors (Lipinski definition) is 0. The van der Waals surface area contributed by atoms with Gasteiger partial charge in [0.25, 0.3) is 5.69 Å². The van der Waals surface area contributed by atoms with Gasteiger partial charge in [0.15, 0.2) is 5.13 Å². The summed E-state index contributed by atoms with van der Waals surface area (Å²) in [5.41, 5.74) is 1.33. The molecule has 0 amide bonds. The van der Waals surface area contributed by atoms with Crippen molar-refractivity contribution in [2.75, 3.05) is 36.0 Å².